The maximum absolute atomic E-state index is 12.1. The molecule has 2 rings (SSSR count). The van der Waals surface area contributed by atoms with Crippen LogP contribution in [0.2, 0.25) is 0 Å². The minimum Gasteiger partial charge on any atom is -0.364 e. The molecule has 3 N–H and O–H groups in total. The van der Waals surface area contributed by atoms with Crippen molar-refractivity contribution in [2.75, 3.05) is 13.1 Å². The van der Waals surface area contributed by atoms with Gasteiger partial charge in [-0.25, -0.2) is 0 Å². The van der Waals surface area contributed by atoms with Gasteiger partial charge in [-0.1, -0.05) is 13.8 Å². The summed E-state index contributed by atoms with van der Waals surface area (Å²) in [5.74, 6) is -0.311. The number of carbonyl (C=O) groups excluding carboxylic acids is 1. The molecule has 1 aromatic heterocycles. The van der Waals surface area contributed by atoms with Crippen molar-refractivity contribution in [2.45, 2.75) is 39.7 Å². The summed E-state index contributed by atoms with van der Waals surface area (Å²) in [6.45, 7) is 7.72. The number of pyridine rings is 1. The Labute approximate surface area is 119 Å². The third-order valence-electron chi connectivity index (χ3n) is 4.10. The van der Waals surface area contributed by atoms with E-state index in [0.29, 0.717) is 6.54 Å². The fraction of sp³-hybridized carbons (Fsp3) is 0.600. The molecule has 0 bridgehead atoms. The van der Waals surface area contributed by atoms with Gasteiger partial charge in [-0.15, -0.1) is 0 Å². The van der Waals surface area contributed by atoms with Crippen molar-refractivity contribution in [3.05, 3.63) is 33.7 Å². The molecule has 0 aliphatic carbocycles. The van der Waals surface area contributed by atoms with Crippen LogP contribution in [0.5, 0.6) is 0 Å². The maximum Gasteiger partial charge on any atom is 0.256 e. The highest BCUT2D eigenvalue weighted by molar-refractivity contribution is 5.93. The quantitative estimate of drug-likeness (QED) is 0.777. The molecule has 1 fully saturated rings. The van der Waals surface area contributed by atoms with E-state index in [1.54, 1.807) is 6.92 Å². The first-order valence-electron chi connectivity index (χ1n) is 7.11. The Morgan fingerprint density at radius 2 is 2.25 bits per heavy atom. The average Bonchev–Trinajstić information content (AvgIpc) is 2.36. The minimum absolute atomic E-state index is 0.158. The number of aromatic amines is 1. The highest BCUT2D eigenvalue weighted by atomic mass is 16.2. The van der Waals surface area contributed by atoms with Gasteiger partial charge in [0.25, 0.3) is 5.91 Å². The molecule has 110 valence electrons. The summed E-state index contributed by atoms with van der Waals surface area (Å²) in [5, 5.41) is 6.30. The van der Waals surface area contributed by atoms with E-state index in [0.717, 1.165) is 25.1 Å². The van der Waals surface area contributed by atoms with Crippen LogP contribution >= 0.6 is 0 Å². The van der Waals surface area contributed by atoms with Gasteiger partial charge in [0.05, 0.1) is 0 Å². The maximum atomic E-state index is 12.1. The van der Waals surface area contributed by atoms with Crippen LogP contribution in [-0.2, 0) is 0 Å². The number of H-pyrrole nitrogens is 1. The Morgan fingerprint density at radius 1 is 1.50 bits per heavy atom. The highest BCUT2D eigenvalue weighted by Gasteiger charge is 2.32. The highest BCUT2D eigenvalue weighted by Crippen LogP contribution is 2.29. The van der Waals surface area contributed by atoms with E-state index in [1.165, 1.54) is 12.3 Å². The molecule has 0 saturated carbocycles. The number of amides is 1. The van der Waals surface area contributed by atoms with Crippen LogP contribution in [0, 0.1) is 12.3 Å². The third-order valence-corrected chi connectivity index (χ3v) is 4.10. The summed E-state index contributed by atoms with van der Waals surface area (Å²) in [4.78, 5) is 26.7. The van der Waals surface area contributed by atoms with E-state index in [2.05, 4.69) is 29.5 Å². The SMILES string of the molecule is Cc1cc(=O)c(C(=O)NCC2NCCCC2(C)C)c[nH]1. The van der Waals surface area contributed by atoms with Gasteiger partial charge >= 0.3 is 0 Å². The van der Waals surface area contributed by atoms with Gasteiger partial charge in [-0.2, -0.15) is 0 Å². The standard InChI is InChI=1S/C15H23N3O2/c1-10-7-12(19)11(8-17-10)14(20)18-9-13-15(2,3)5-4-6-16-13/h7-8,13,16H,4-6,9H2,1-3H3,(H,17,19)(H,18,20). The summed E-state index contributed by atoms with van der Waals surface area (Å²) in [6, 6.07) is 1.68. The van der Waals surface area contributed by atoms with Crippen molar-refractivity contribution in [1.29, 1.82) is 0 Å². The number of piperidine rings is 1. The monoisotopic (exact) mass is 277 g/mol. The molecule has 1 aliphatic heterocycles. The van der Waals surface area contributed by atoms with E-state index < -0.39 is 0 Å². The Hall–Kier alpha value is -1.62. The van der Waals surface area contributed by atoms with Gasteiger partial charge < -0.3 is 15.6 Å². The zero-order valence-corrected chi connectivity index (χ0v) is 12.4. The molecule has 20 heavy (non-hydrogen) atoms. The molecule has 1 aliphatic rings. The molecule has 2 heterocycles. The van der Waals surface area contributed by atoms with Gasteiger partial charge in [0.1, 0.15) is 5.56 Å². The van der Waals surface area contributed by atoms with Crippen LogP contribution in [0.3, 0.4) is 0 Å². The molecule has 1 saturated heterocycles. The second-order valence-corrected chi connectivity index (χ2v) is 6.20. The number of aromatic nitrogens is 1. The fourth-order valence-corrected chi connectivity index (χ4v) is 2.66. The molecule has 0 aromatic carbocycles. The van der Waals surface area contributed by atoms with Gasteiger partial charge in [0, 0.05) is 30.5 Å². The third kappa shape index (κ3) is 3.28. The molecule has 1 atom stereocenters. The van der Waals surface area contributed by atoms with Gasteiger partial charge in [0.2, 0.25) is 0 Å². The fourth-order valence-electron chi connectivity index (χ4n) is 2.66. The van der Waals surface area contributed by atoms with E-state index in [-0.39, 0.29) is 28.4 Å². The molecule has 0 spiro atoms. The van der Waals surface area contributed by atoms with Gasteiger partial charge in [-0.3, -0.25) is 9.59 Å². The molecule has 1 aromatic rings. The van der Waals surface area contributed by atoms with E-state index in [9.17, 15) is 9.59 Å². The van der Waals surface area contributed by atoms with Crippen LogP contribution in [0.25, 0.3) is 0 Å². The van der Waals surface area contributed by atoms with Crippen LogP contribution in [0.1, 0.15) is 42.7 Å². The van der Waals surface area contributed by atoms with Gasteiger partial charge in [-0.05, 0) is 31.7 Å². The Bertz CT molecular complexity index is 548. The minimum atomic E-state index is -0.311. The molecule has 5 heteroatoms. The summed E-state index contributed by atoms with van der Waals surface area (Å²) >= 11 is 0. The number of nitrogens with one attached hydrogen (secondary N) is 3. The summed E-state index contributed by atoms with van der Waals surface area (Å²) in [5.41, 5.74) is 0.839. The van der Waals surface area contributed by atoms with Crippen molar-refractivity contribution in [1.82, 2.24) is 15.6 Å². The summed E-state index contributed by atoms with van der Waals surface area (Å²) in [6.07, 6.45) is 3.78. The van der Waals surface area contributed by atoms with Crippen molar-refractivity contribution in [3.63, 3.8) is 0 Å². The lowest BCUT2D eigenvalue weighted by Crippen LogP contribution is -2.53. The molecule has 1 unspecified atom stereocenters. The molecule has 5 nitrogen and oxygen atoms in total. The van der Waals surface area contributed by atoms with Crippen LogP contribution in [0.15, 0.2) is 17.1 Å². The lowest BCUT2D eigenvalue weighted by atomic mass is 9.77. The predicted octanol–water partition coefficient (Wildman–Crippen LogP) is 1.19. The van der Waals surface area contributed by atoms with Crippen LogP contribution < -0.4 is 16.1 Å². The number of hydrogen-bond acceptors (Lipinski definition) is 3. The Kier molecular flexibility index (Phi) is 4.28. The Balaban J connectivity index is 2.00. The van der Waals surface area contributed by atoms with Gasteiger partial charge in [0.15, 0.2) is 5.43 Å². The first-order valence-corrected chi connectivity index (χ1v) is 7.11. The Morgan fingerprint density at radius 3 is 2.90 bits per heavy atom. The molecule has 1 amide bonds. The molecular weight excluding hydrogens is 254 g/mol. The van der Waals surface area contributed by atoms with E-state index in [1.807, 2.05) is 0 Å². The van der Waals surface area contributed by atoms with Crippen molar-refractivity contribution < 1.29 is 4.79 Å². The lowest BCUT2D eigenvalue weighted by Gasteiger charge is -2.39. The number of carbonyl (C=O) groups is 1. The summed E-state index contributed by atoms with van der Waals surface area (Å²) < 4.78 is 0. The normalized spacial score (nSPS) is 21.4. The lowest BCUT2D eigenvalue weighted by molar-refractivity contribution is 0.0927. The second-order valence-electron chi connectivity index (χ2n) is 6.20. The van der Waals surface area contributed by atoms with Crippen molar-refractivity contribution in [2.24, 2.45) is 5.41 Å². The zero-order chi connectivity index (χ0) is 14.8. The summed E-state index contributed by atoms with van der Waals surface area (Å²) in [7, 11) is 0. The topological polar surface area (TPSA) is 74.0 Å². The number of aryl methyl sites for hydroxylation is 1. The van der Waals surface area contributed by atoms with Crippen molar-refractivity contribution in [3.8, 4) is 0 Å². The van der Waals surface area contributed by atoms with Crippen molar-refractivity contribution >= 4 is 5.91 Å². The molecular formula is C15H23N3O2. The average molecular weight is 277 g/mol. The van der Waals surface area contributed by atoms with Crippen LogP contribution in [-0.4, -0.2) is 30.0 Å². The smallest absolute Gasteiger partial charge is 0.256 e. The number of hydrogen-bond donors (Lipinski definition) is 3. The zero-order valence-electron chi connectivity index (χ0n) is 12.4. The number of rotatable bonds is 3. The van der Waals surface area contributed by atoms with E-state index in [4.69, 9.17) is 0 Å². The first kappa shape index (κ1) is 14.8. The first-order chi connectivity index (χ1) is 9.40. The predicted molar refractivity (Wildman–Crippen MR) is 78.9 cm³/mol. The largest absolute Gasteiger partial charge is 0.364 e. The van der Waals surface area contributed by atoms with E-state index >= 15 is 0 Å². The molecule has 0 radical (unpaired) electrons. The second kappa shape index (κ2) is 5.79. The van der Waals surface area contributed by atoms with Crippen LogP contribution in [0.4, 0.5) is 0 Å².